The van der Waals surface area contributed by atoms with Gasteiger partial charge in [-0.3, -0.25) is 4.90 Å². The molecule has 0 spiro atoms. The molecule has 1 aliphatic heterocycles. The van der Waals surface area contributed by atoms with E-state index in [2.05, 4.69) is 24.8 Å². The van der Waals surface area contributed by atoms with Crippen LogP contribution in [0.3, 0.4) is 0 Å². The van der Waals surface area contributed by atoms with Crippen LogP contribution in [0.1, 0.15) is 83.8 Å². The van der Waals surface area contributed by atoms with Crippen LogP contribution < -0.4 is 4.74 Å². The van der Waals surface area contributed by atoms with Crippen molar-refractivity contribution >= 4 is 5.97 Å². The van der Waals surface area contributed by atoms with Gasteiger partial charge in [-0.1, -0.05) is 50.0 Å². The monoisotopic (exact) mass is 451 g/mol. The highest BCUT2D eigenvalue weighted by molar-refractivity contribution is 5.84. The molecular formula is C29H41NO3. The molecule has 3 aliphatic rings. The maximum atomic E-state index is 12.3. The number of rotatable bonds is 8. The molecule has 1 saturated heterocycles. The largest absolute Gasteiger partial charge is 0.423 e. The maximum Gasteiger partial charge on any atom is 0.336 e. The smallest absolute Gasteiger partial charge is 0.336 e. The lowest BCUT2D eigenvalue weighted by molar-refractivity contribution is -0.142. The van der Waals surface area contributed by atoms with Crippen LogP contribution in [0.25, 0.3) is 0 Å². The van der Waals surface area contributed by atoms with Gasteiger partial charge in [-0.15, -0.1) is 0 Å². The minimum atomic E-state index is -0.802. The van der Waals surface area contributed by atoms with Crippen LogP contribution in [-0.2, 0) is 16.6 Å². The normalized spacial score (nSPS) is 29.4. The third kappa shape index (κ3) is 4.70. The van der Waals surface area contributed by atoms with Gasteiger partial charge in [0.05, 0.1) is 5.60 Å². The number of ether oxygens (including phenoxy) is 1. The highest BCUT2D eigenvalue weighted by atomic mass is 16.5. The van der Waals surface area contributed by atoms with E-state index in [1.165, 1.54) is 36.5 Å². The van der Waals surface area contributed by atoms with E-state index in [1.54, 1.807) is 6.08 Å². The second kappa shape index (κ2) is 9.76. The highest BCUT2D eigenvalue weighted by Crippen LogP contribution is 2.54. The molecule has 4 heteroatoms. The van der Waals surface area contributed by atoms with Crippen LogP contribution in [0.15, 0.2) is 42.0 Å². The number of benzene rings is 1. The van der Waals surface area contributed by atoms with Gasteiger partial charge in [-0.2, -0.15) is 0 Å². The first-order valence-electron chi connectivity index (χ1n) is 12.9. The summed E-state index contributed by atoms with van der Waals surface area (Å²) < 4.78 is 5.67. The molecule has 1 aromatic carbocycles. The van der Waals surface area contributed by atoms with E-state index in [-0.39, 0.29) is 17.4 Å². The summed E-state index contributed by atoms with van der Waals surface area (Å²) in [4.78, 5) is 14.9. The average Bonchev–Trinajstić information content (AvgIpc) is 2.71. The van der Waals surface area contributed by atoms with E-state index in [0.717, 1.165) is 56.7 Å². The van der Waals surface area contributed by atoms with Crippen molar-refractivity contribution in [2.45, 2.75) is 96.1 Å². The van der Waals surface area contributed by atoms with Crippen molar-refractivity contribution in [1.29, 1.82) is 0 Å². The van der Waals surface area contributed by atoms with Gasteiger partial charge in [0, 0.05) is 24.1 Å². The van der Waals surface area contributed by atoms with Crippen molar-refractivity contribution in [3.05, 3.63) is 53.1 Å². The maximum absolute atomic E-state index is 12.3. The van der Waals surface area contributed by atoms with Crippen molar-refractivity contribution in [3.8, 4) is 5.75 Å². The first-order valence-corrected chi connectivity index (χ1v) is 12.9. The molecule has 0 radical (unpaired) electrons. The number of likely N-dealkylation sites (tertiary alicyclic amines) is 1. The molecule has 0 aromatic heterocycles. The van der Waals surface area contributed by atoms with E-state index < -0.39 is 5.60 Å². The molecule has 4 nitrogen and oxygen atoms in total. The molecule has 1 aromatic rings. The second-order valence-electron chi connectivity index (χ2n) is 10.9. The van der Waals surface area contributed by atoms with E-state index >= 15 is 0 Å². The van der Waals surface area contributed by atoms with Crippen LogP contribution in [0, 0.1) is 5.92 Å². The zero-order valence-corrected chi connectivity index (χ0v) is 20.9. The third-order valence-electron chi connectivity index (χ3n) is 8.45. The van der Waals surface area contributed by atoms with E-state index in [4.69, 9.17) is 4.74 Å². The van der Waals surface area contributed by atoms with Gasteiger partial charge < -0.3 is 9.84 Å². The lowest BCUT2D eigenvalue weighted by Gasteiger charge is -2.61. The fraction of sp³-hybridized carbons (Fsp3) is 0.621. The summed E-state index contributed by atoms with van der Waals surface area (Å²) >= 11 is 0. The standard InChI is InChI=1S/C29H41NO3/c1-5-6-15-29-16-17-30(20-22-10-8-11-22)26(28(29,4)32)18-23-13-14-24(19-25(23)29)33-27(31)12-7-9-21(2)3/h7,9,12-14,19,22,26,32H,5-6,8,10-11,15-18,20H2,1-4H3/b12-7+/t26-,28-,29+/m1/s1. The number of nitrogens with zero attached hydrogens (tertiary/aromatic N) is 1. The van der Waals surface area contributed by atoms with Crippen LogP contribution in [-0.4, -0.2) is 40.7 Å². The van der Waals surface area contributed by atoms with E-state index in [0.29, 0.717) is 5.75 Å². The topological polar surface area (TPSA) is 49.8 Å². The molecule has 0 amide bonds. The zero-order valence-electron chi connectivity index (χ0n) is 20.9. The lowest BCUT2D eigenvalue weighted by atomic mass is 9.53. The van der Waals surface area contributed by atoms with Gasteiger partial charge in [0.15, 0.2) is 0 Å². The fourth-order valence-corrected chi connectivity index (χ4v) is 6.29. The summed E-state index contributed by atoms with van der Waals surface area (Å²) in [5, 5.41) is 12.1. The number of carbonyl (C=O) groups excluding carboxylic acids is 1. The van der Waals surface area contributed by atoms with Crippen molar-refractivity contribution in [2.24, 2.45) is 5.92 Å². The predicted molar refractivity (Wildman–Crippen MR) is 133 cm³/mol. The molecule has 1 saturated carbocycles. The molecule has 2 bridgehead atoms. The van der Waals surface area contributed by atoms with Crippen molar-refractivity contribution < 1.29 is 14.6 Å². The number of hydrogen-bond donors (Lipinski definition) is 1. The molecule has 0 unspecified atom stereocenters. The number of fused-ring (bicyclic) bond motifs is 4. The van der Waals surface area contributed by atoms with Crippen LogP contribution >= 0.6 is 0 Å². The Morgan fingerprint density at radius 1 is 1.30 bits per heavy atom. The predicted octanol–water partition coefficient (Wildman–Crippen LogP) is 5.72. The Hall–Kier alpha value is -1.91. The van der Waals surface area contributed by atoms with Crippen molar-refractivity contribution in [1.82, 2.24) is 4.90 Å². The Kier molecular flexibility index (Phi) is 7.16. The SMILES string of the molecule is CCCC[C@]12CCN(CC3CCC3)[C@H](Cc3ccc(OC(=O)/C=C/C=C(C)C)cc31)[C@@]2(C)O. The zero-order chi connectivity index (χ0) is 23.6. The number of piperidine rings is 1. The summed E-state index contributed by atoms with van der Waals surface area (Å²) in [5.74, 6) is 1.000. The number of aliphatic hydroxyl groups is 1. The van der Waals surface area contributed by atoms with Crippen molar-refractivity contribution in [3.63, 3.8) is 0 Å². The highest BCUT2D eigenvalue weighted by Gasteiger charge is 2.60. The summed E-state index contributed by atoms with van der Waals surface area (Å²) in [6.07, 6.45) is 14.1. The Morgan fingerprint density at radius 2 is 2.09 bits per heavy atom. The number of esters is 1. The molecule has 2 aliphatic carbocycles. The number of allylic oxidation sites excluding steroid dienone is 3. The van der Waals surface area contributed by atoms with E-state index in [1.807, 2.05) is 32.1 Å². The minimum Gasteiger partial charge on any atom is -0.423 e. The van der Waals surface area contributed by atoms with Gasteiger partial charge in [-0.05, 0) is 88.6 Å². The summed E-state index contributed by atoms with van der Waals surface area (Å²) in [6, 6.07) is 6.25. The molecule has 3 atom stereocenters. The third-order valence-corrected chi connectivity index (χ3v) is 8.45. The second-order valence-corrected chi connectivity index (χ2v) is 10.9. The number of unbranched alkanes of at least 4 members (excludes halogenated alkanes) is 1. The molecule has 33 heavy (non-hydrogen) atoms. The summed E-state index contributed by atoms with van der Waals surface area (Å²) in [5.41, 5.74) is 2.53. The average molecular weight is 452 g/mol. The van der Waals surface area contributed by atoms with Crippen molar-refractivity contribution in [2.75, 3.05) is 13.1 Å². The van der Waals surface area contributed by atoms with Crippen LogP contribution in [0.5, 0.6) is 5.75 Å². The Balaban J connectivity index is 1.64. The van der Waals surface area contributed by atoms with E-state index in [9.17, 15) is 9.90 Å². The summed E-state index contributed by atoms with van der Waals surface area (Å²) in [6.45, 7) is 10.4. The van der Waals surface area contributed by atoms with Gasteiger partial charge in [-0.25, -0.2) is 4.79 Å². The van der Waals surface area contributed by atoms with Crippen LogP contribution in [0.2, 0.25) is 0 Å². The Morgan fingerprint density at radius 3 is 2.76 bits per heavy atom. The molecule has 180 valence electrons. The van der Waals surface area contributed by atoms with Gasteiger partial charge in [0.25, 0.3) is 0 Å². The quantitative estimate of drug-likeness (QED) is 0.238. The minimum absolute atomic E-state index is 0.150. The molecule has 1 N–H and O–H groups in total. The molecule has 1 heterocycles. The van der Waals surface area contributed by atoms with Gasteiger partial charge in [0.2, 0.25) is 0 Å². The molecular weight excluding hydrogens is 410 g/mol. The fourth-order valence-electron chi connectivity index (χ4n) is 6.29. The first kappa shape index (κ1) is 24.2. The Labute approximate surface area is 199 Å². The van der Waals surface area contributed by atoms with Gasteiger partial charge in [0.1, 0.15) is 5.75 Å². The lowest BCUT2D eigenvalue weighted by Crippen LogP contribution is -2.70. The Bertz CT molecular complexity index is 923. The number of hydrogen-bond acceptors (Lipinski definition) is 4. The van der Waals surface area contributed by atoms with Gasteiger partial charge >= 0.3 is 5.97 Å². The molecule has 2 fully saturated rings. The summed E-state index contributed by atoms with van der Waals surface area (Å²) in [7, 11) is 0. The molecule has 4 rings (SSSR count). The number of carbonyl (C=O) groups is 1. The first-order chi connectivity index (χ1) is 15.8. The van der Waals surface area contributed by atoms with Crippen LogP contribution in [0.4, 0.5) is 0 Å².